The van der Waals surface area contributed by atoms with Crippen LogP contribution in [-0.2, 0) is 13.1 Å². The second kappa shape index (κ2) is 7.89. The lowest BCUT2D eigenvalue weighted by atomic mass is 10.2. The van der Waals surface area contributed by atoms with Crippen molar-refractivity contribution in [3.8, 4) is 0 Å². The fourth-order valence-electron chi connectivity index (χ4n) is 1.91. The van der Waals surface area contributed by atoms with E-state index in [-0.39, 0.29) is 11.6 Å². The van der Waals surface area contributed by atoms with Gasteiger partial charge in [-0.15, -0.1) is 0 Å². The molecule has 2 aromatic rings. The third-order valence-corrected chi connectivity index (χ3v) is 3.80. The van der Waals surface area contributed by atoms with Gasteiger partial charge in [-0.3, -0.25) is 4.99 Å². The van der Waals surface area contributed by atoms with Gasteiger partial charge >= 0.3 is 0 Å². The molecular weight excluding hydrogens is 352 g/mol. The Morgan fingerprint density at radius 1 is 1.05 bits per heavy atom. The highest BCUT2D eigenvalue weighted by Gasteiger charge is 2.04. The Balaban J connectivity index is 1.91. The lowest BCUT2D eigenvalue weighted by Crippen LogP contribution is -2.36. The van der Waals surface area contributed by atoms with Crippen LogP contribution in [-0.4, -0.2) is 13.0 Å². The van der Waals surface area contributed by atoms with Crippen molar-refractivity contribution in [3.63, 3.8) is 0 Å². The number of rotatable bonds is 4. The second-order valence-corrected chi connectivity index (χ2v) is 5.50. The van der Waals surface area contributed by atoms with Crippen molar-refractivity contribution >= 4 is 21.9 Å². The summed E-state index contributed by atoms with van der Waals surface area (Å²) in [5.74, 6) is -0.00549. The fourth-order valence-corrected chi connectivity index (χ4v) is 2.30. The summed E-state index contributed by atoms with van der Waals surface area (Å²) in [7, 11) is 1.64. The van der Waals surface area contributed by atoms with Gasteiger partial charge in [-0.1, -0.05) is 28.1 Å². The number of nitrogens with one attached hydrogen (secondary N) is 2. The summed E-state index contributed by atoms with van der Waals surface area (Å²) in [5.41, 5.74) is 1.60. The lowest BCUT2D eigenvalue weighted by Gasteiger charge is -2.13. The number of benzene rings is 2. The highest BCUT2D eigenvalue weighted by molar-refractivity contribution is 9.10. The summed E-state index contributed by atoms with van der Waals surface area (Å²) >= 11 is 3.38. The summed E-state index contributed by atoms with van der Waals surface area (Å²) in [4.78, 5) is 4.08. The van der Waals surface area contributed by atoms with Crippen LogP contribution in [0.4, 0.5) is 8.78 Å². The molecule has 0 fully saturated rings. The number of nitrogens with zero attached hydrogens (tertiary/aromatic N) is 1. The fraction of sp³-hybridized carbons (Fsp3) is 0.188. The Morgan fingerprint density at radius 3 is 2.50 bits per heavy atom. The third-order valence-electron chi connectivity index (χ3n) is 3.03. The zero-order chi connectivity index (χ0) is 15.9. The van der Waals surface area contributed by atoms with Gasteiger partial charge in [0.25, 0.3) is 0 Å². The maximum Gasteiger partial charge on any atom is 0.191 e. The van der Waals surface area contributed by atoms with Crippen molar-refractivity contribution in [1.82, 2.24) is 10.6 Å². The zero-order valence-electron chi connectivity index (χ0n) is 12.0. The smallest absolute Gasteiger partial charge is 0.191 e. The standard InChI is InChI=1S/C16H16BrF2N3/c1-20-16(21-9-11-3-2-4-13(18)7-11)22-10-12-8-14(19)5-6-15(12)17/h2-8H,9-10H2,1H3,(H2,20,21,22). The van der Waals surface area contributed by atoms with Gasteiger partial charge < -0.3 is 10.6 Å². The normalized spacial score (nSPS) is 11.4. The van der Waals surface area contributed by atoms with E-state index >= 15 is 0 Å². The SMILES string of the molecule is CN=C(NCc1cccc(F)c1)NCc1cc(F)ccc1Br. The molecule has 22 heavy (non-hydrogen) atoms. The largest absolute Gasteiger partial charge is 0.352 e. The molecule has 0 aromatic heterocycles. The maximum atomic E-state index is 13.2. The predicted octanol–water partition coefficient (Wildman–Crippen LogP) is 3.59. The first-order valence-electron chi connectivity index (χ1n) is 6.71. The molecule has 0 bridgehead atoms. The molecule has 116 valence electrons. The Kier molecular flexibility index (Phi) is 5.89. The van der Waals surface area contributed by atoms with Gasteiger partial charge in [0.15, 0.2) is 5.96 Å². The Hall–Kier alpha value is -1.95. The molecule has 0 saturated carbocycles. The van der Waals surface area contributed by atoms with Crippen LogP contribution >= 0.6 is 15.9 Å². The highest BCUT2D eigenvalue weighted by Crippen LogP contribution is 2.17. The minimum absolute atomic E-state index is 0.272. The molecule has 0 unspecified atom stereocenters. The average Bonchev–Trinajstić information content (AvgIpc) is 2.51. The quantitative estimate of drug-likeness (QED) is 0.639. The van der Waals surface area contributed by atoms with Gasteiger partial charge in [-0.25, -0.2) is 8.78 Å². The molecule has 3 nitrogen and oxygen atoms in total. The van der Waals surface area contributed by atoms with Crippen LogP contribution in [0.5, 0.6) is 0 Å². The molecule has 0 aliphatic carbocycles. The minimum atomic E-state index is -0.289. The molecule has 0 aliphatic heterocycles. The molecule has 2 rings (SSSR count). The maximum absolute atomic E-state index is 13.2. The number of halogens is 3. The number of aliphatic imine (C=N–C) groups is 1. The van der Waals surface area contributed by atoms with Crippen LogP contribution in [0.1, 0.15) is 11.1 Å². The van der Waals surface area contributed by atoms with E-state index in [1.807, 2.05) is 6.07 Å². The first-order valence-corrected chi connectivity index (χ1v) is 7.50. The van der Waals surface area contributed by atoms with Gasteiger partial charge in [-0.05, 0) is 41.5 Å². The van der Waals surface area contributed by atoms with Crippen molar-refractivity contribution in [3.05, 3.63) is 69.7 Å². The number of hydrogen-bond donors (Lipinski definition) is 2. The van der Waals surface area contributed by atoms with E-state index < -0.39 is 0 Å². The van der Waals surface area contributed by atoms with E-state index in [4.69, 9.17) is 0 Å². The second-order valence-electron chi connectivity index (χ2n) is 4.64. The van der Waals surface area contributed by atoms with E-state index in [2.05, 4.69) is 31.6 Å². The van der Waals surface area contributed by atoms with Crippen molar-refractivity contribution in [2.75, 3.05) is 7.05 Å². The molecule has 0 heterocycles. The van der Waals surface area contributed by atoms with Crippen LogP contribution in [0.3, 0.4) is 0 Å². The molecule has 2 N–H and O–H groups in total. The third kappa shape index (κ3) is 4.80. The van der Waals surface area contributed by atoms with Crippen LogP contribution in [0.25, 0.3) is 0 Å². The molecule has 6 heteroatoms. The van der Waals surface area contributed by atoms with Gasteiger partial charge in [0.05, 0.1) is 0 Å². The van der Waals surface area contributed by atoms with Crippen molar-refractivity contribution in [1.29, 1.82) is 0 Å². The first-order chi connectivity index (χ1) is 10.6. The van der Waals surface area contributed by atoms with Crippen molar-refractivity contribution in [2.24, 2.45) is 4.99 Å². The summed E-state index contributed by atoms with van der Waals surface area (Å²) < 4.78 is 27.2. The summed E-state index contributed by atoms with van der Waals surface area (Å²) in [6.07, 6.45) is 0. The van der Waals surface area contributed by atoms with Crippen molar-refractivity contribution in [2.45, 2.75) is 13.1 Å². The average molecular weight is 368 g/mol. The van der Waals surface area contributed by atoms with Gasteiger partial charge in [0, 0.05) is 24.6 Å². The van der Waals surface area contributed by atoms with Crippen LogP contribution in [0.15, 0.2) is 51.9 Å². The molecular formula is C16H16BrF2N3. The number of guanidine groups is 1. The molecule has 0 saturated heterocycles. The summed E-state index contributed by atoms with van der Waals surface area (Å²) in [6.45, 7) is 0.864. The zero-order valence-corrected chi connectivity index (χ0v) is 13.6. The highest BCUT2D eigenvalue weighted by atomic mass is 79.9. The van der Waals surface area contributed by atoms with Crippen LogP contribution < -0.4 is 10.6 Å². The molecule has 0 amide bonds. The number of hydrogen-bond acceptors (Lipinski definition) is 1. The molecule has 0 aliphatic rings. The van der Waals surface area contributed by atoms with E-state index in [9.17, 15) is 8.78 Å². The Bertz CT molecular complexity index is 674. The van der Waals surface area contributed by atoms with E-state index in [0.717, 1.165) is 15.6 Å². The monoisotopic (exact) mass is 367 g/mol. The Labute approximate surface area is 136 Å². The van der Waals surface area contributed by atoms with E-state index in [1.165, 1.54) is 24.3 Å². The van der Waals surface area contributed by atoms with Gasteiger partial charge in [0.2, 0.25) is 0 Å². The molecule has 0 radical (unpaired) electrons. The molecule has 2 aromatic carbocycles. The molecule has 0 spiro atoms. The van der Waals surface area contributed by atoms with Crippen molar-refractivity contribution < 1.29 is 8.78 Å². The van der Waals surface area contributed by atoms with Crippen LogP contribution in [0, 0.1) is 11.6 Å². The summed E-state index contributed by atoms with van der Waals surface area (Å²) in [5, 5.41) is 6.17. The van der Waals surface area contributed by atoms with Gasteiger partial charge in [-0.2, -0.15) is 0 Å². The van der Waals surface area contributed by atoms with Crippen LogP contribution in [0.2, 0.25) is 0 Å². The Morgan fingerprint density at radius 2 is 1.77 bits per heavy atom. The topological polar surface area (TPSA) is 36.4 Å². The molecule has 0 atom stereocenters. The minimum Gasteiger partial charge on any atom is -0.352 e. The summed E-state index contributed by atoms with van der Waals surface area (Å²) in [6, 6.07) is 10.9. The van der Waals surface area contributed by atoms with E-state index in [0.29, 0.717) is 19.0 Å². The van der Waals surface area contributed by atoms with Gasteiger partial charge in [0.1, 0.15) is 11.6 Å². The predicted molar refractivity (Wildman–Crippen MR) is 87.5 cm³/mol. The first kappa shape index (κ1) is 16.4. The lowest BCUT2D eigenvalue weighted by molar-refractivity contribution is 0.623. The van der Waals surface area contributed by atoms with E-state index in [1.54, 1.807) is 19.2 Å².